The van der Waals surface area contributed by atoms with E-state index in [2.05, 4.69) is 5.32 Å². The van der Waals surface area contributed by atoms with E-state index in [1.54, 1.807) is 25.1 Å². The first-order chi connectivity index (χ1) is 9.90. The average Bonchev–Trinajstić information content (AvgIpc) is 2.43. The molecule has 2 N–H and O–H groups in total. The van der Waals surface area contributed by atoms with Crippen molar-refractivity contribution in [2.24, 2.45) is 0 Å². The Bertz CT molecular complexity index is 731. The number of halogens is 2. The highest BCUT2D eigenvalue weighted by atomic mass is 35.5. The van der Waals surface area contributed by atoms with Crippen LogP contribution in [-0.2, 0) is 0 Å². The zero-order valence-corrected chi connectivity index (χ0v) is 11.7. The molecule has 21 heavy (non-hydrogen) atoms. The number of amides is 1. The van der Waals surface area contributed by atoms with Gasteiger partial charge in [0.15, 0.2) is 0 Å². The molecule has 0 spiro atoms. The molecule has 1 amide bonds. The van der Waals surface area contributed by atoms with E-state index in [-0.39, 0.29) is 11.3 Å². The van der Waals surface area contributed by atoms with Gasteiger partial charge >= 0.3 is 5.97 Å². The standard InChI is InChI=1S/C15H11ClFNO3/c1-8-3-2-4-10(13(8)16)14(19)18-9-5-6-12(17)11(7-9)15(20)21/h2-7H,1H3,(H,18,19)(H,20,21). The second-order valence-corrected chi connectivity index (χ2v) is 4.77. The summed E-state index contributed by atoms with van der Waals surface area (Å²) in [5, 5.41) is 11.7. The van der Waals surface area contributed by atoms with Gasteiger partial charge in [0.1, 0.15) is 5.82 Å². The van der Waals surface area contributed by atoms with Gasteiger partial charge in [-0.05, 0) is 36.8 Å². The van der Waals surface area contributed by atoms with Gasteiger partial charge in [0, 0.05) is 5.69 Å². The van der Waals surface area contributed by atoms with E-state index in [4.69, 9.17) is 16.7 Å². The molecule has 0 aliphatic carbocycles. The first-order valence-electron chi connectivity index (χ1n) is 5.99. The minimum atomic E-state index is -1.41. The lowest BCUT2D eigenvalue weighted by molar-refractivity contribution is 0.0691. The molecule has 2 rings (SSSR count). The van der Waals surface area contributed by atoms with E-state index in [9.17, 15) is 14.0 Å². The van der Waals surface area contributed by atoms with Crippen LogP contribution in [0.15, 0.2) is 36.4 Å². The number of carboxylic acids is 1. The van der Waals surface area contributed by atoms with E-state index in [1.807, 2.05) is 0 Å². The lowest BCUT2D eigenvalue weighted by Crippen LogP contribution is -2.13. The van der Waals surface area contributed by atoms with Crippen LogP contribution in [0.3, 0.4) is 0 Å². The predicted molar refractivity (Wildman–Crippen MR) is 77.5 cm³/mol. The maximum atomic E-state index is 13.3. The fraction of sp³-hybridized carbons (Fsp3) is 0.0667. The SMILES string of the molecule is Cc1cccc(C(=O)Nc2ccc(F)c(C(=O)O)c2)c1Cl. The van der Waals surface area contributed by atoms with Crippen LogP contribution in [0.25, 0.3) is 0 Å². The molecular formula is C15H11ClFNO3. The highest BCUT2D eigenvalue weighted by Gasteiger charge is 2.15. The molecule has 0 radical (unpaired) electrons. The molecule has 0 heterocycles. The molecule has 2 aromatic rings. The van der Waals surface area contributed by atoms with Crippen molar-refractivity contribution < 1.29 is 19.1 Å². The summed E-state index contributed by atoms with van der Waals surface area (Å²) in [5.41, 5.74) is 0.673. The predicted octanol–water partition coefficient (Wildman–Crippen LogP) is 3.74. The Kier molecular flexibility index (Phi) is 4.23. The Morgan fingerprint density at radius 2 is 1.90 bits per heavy atom. The van der Waals surface area contributed by atoms with Gasteiger partial charge in [0.05, 0.1) is 16.1 Å². The zero-order chi connectivity index (χ0) is 15.6. The molecule has 0 atom stereocenters. The van der Waals surface area contributed by atoms with Crippen LogP contribution in [0.1, 0.15) is 26.3 Å². The molecule has 0 aromatic heterocycles. The van der Waals surface area contributed by atoms with Crippen LogP contribution >= 0.6 is 11.6 Å². The lowest BCUT2D eigenvalue weighted by Gasteiger charge is -2.09. The van der Waals surface area contributed by atoms with E-state index in [1.165, 1.54) is 6.07 Å². The number of anilines is 1. The number of benzene rings is 2. The molecule has 0 saturated heterocycles. The summed E-state index contributed by atoms with van der Waals surface area (Å²) in [6.07, 6.45) is 0. The maximum Gasteiger partial charge on any atom is 0.338 e. The monoisotopic (exact) mass is 307 g/mol. The maximum absolute atomic E-state index is 13.3. The van der Waals surface area contributed by atoms with Crippen molar-refractivity contribution in [1.29, 1.82) is 0 Å². The number of aryl methyl sites for hydroxylation is 1. The topological polar surface area (TPSA) is 66.4 Å². The summed E-state index contributed by atoms with van der Waals surface area (Å²) < 4.78 is 13.3. The highest BCUT2D eigenvalue weighted by Crippen LogP contribution is 2.22. The van der Waals surface area contributed by atoms with Crippen LogP contribution in [0.2, 0.25) is 5.02 Å². The summed E-state index contributed by atoms with van der Waals surface area (Å²) in [6, 6.07) is 8.31. The van der Waals surface area contributed by atoms with Crippen LogP contribution in [0.4, 0.5) is 10.1 Å². The summed E-state index contributed by atoms with van der Waals surface area (Å²) in [7, 11) is 0. The van der Waals surface area contributed by atoms with Gasteiger partial charge < -0.3 is 10.4 Å². The molecule has 0 fully saturated rings. The molecule has 2 aromatic carbocycles. The van der Waals surface area contributed by atoms with E-state index in [0.717, 1.165) is 17.7 Å². The number of carbonyl (C=O) groups is 2. The van der Waals surface area contributed by atoms with Crippen LogP contribution < -0.4 is 5.32 Å². The molecule has 108 valence electrons. The largest absolute Gasteiger partial charge is 0.478 e. The summed E-state index contributed by atoms with van der Waals surface area (Å²) in [6.45, 7) is 1.76. The van der Waals surface area contributed by atoms with Gasteiger partial charge in [0.25, 0.3) is 5.91 Å². The van der Waals surface area contributed by atoms with Crippen molar-refractivity contribution in [2.45, 2.75) is 6.92 Å². The van der Waals surface area contributed by atoms with Gasteiger partial charge in [-0.15, -0.1) is 0 Å². The van der Waals surface area contributed by atoms with Gasteiger partial charge in [0.2, 0.25) is 0 Å². The van der Waals surface area contributed by atoms with Crippen molar-refractivity contribution in [1.82, 2.24) is 0 Å². The molecule has 4 nitrogen and oxygen atoms in total. The second-order valence-electron chi connectivity index (χ2n) is 4.39. The van der Waals surface area contributed by atoms with Gasteiger partial charge in [-0.1, -0.05) is 23.7 Å². The van der Waals surface area contributed by atoms with Crippen molar-refractivity contribution in [3.8, 4) is 0 Å². The molecule has 0 saturated carbocycles. The lowest BCUT2D eigenvalue weighted by atomic mass is 10.1. The number of aromatic carboxylic acids is 1. The fourth-order valence-electron chi connectivity index (χ4n) is 1.79. The second kappa shape index (κ2) is 5.93. The molecular weight excluding hydrogens is 297 g/mol. The Morgan fingerprint density at radius 1 is 1.19 bits per heavy atom. The Hall–Kier alpha value is -2.40. The van der Waals surface area contributed by atoms with E-state index in [0.29, 0.717) is 5.02 Å². The number of hydrogen-bond donors (Lipinski definition) is 2. The Balaban J connectivity index is 2.30. The normalized spacial score (nSPS) is 10.2. The number of hydrogen-bond acceptors (Lipinski definition) is 2. The third kappa shape index (κ3) is 3.20. The third-order valence-corrected chi connectivity index (χ3v) is 3.39. The first-order valence-corrected chi connectivity index (χ1v) is 6.37. The number of carboxylic acid groups (broad SMARTS) is 1. The van der Waals surface area contributed by atoms with Gasteiger partial charge in [-0.3, -0.25) is 4.79 Å². The molecule has 0 bridgehead atoms. The van der Waals surface area contributed by atoms with Crippen LogP contribution in [-0.4, -0.2) is 17.0 Å². The van der Waals surface area contributed by atoms with E-state index >= 15 is 0 Å². The zero-order valence-electron chi connectivity index (χ0n) is 11.0. The Morgan fingerprint density at radius 3 is 2.57 bits per heavy atom. The highest BCUT2D eigenvalue weighted by molar-refractivity contribution is 6.35. The average molecular weight is 308 g/mol. The molecule has 0 unspecified atom stereocenters. The number of nitrogens with one attached hydrogen (secondary N) is 1. The smallest absolute Gasteiger partial charge is 0.338 e. The summed E-state index contributed by atoms with van der Waals surface area (Å²) in [4.78, 5) is 23.0. The minimum Gasteiger partial charge on any atom is -0.478 e. The summed E-state index contributed by atoms with van der Waals surface area (Å²) >= 11 is 6.05. The molecule has 0 aliphatic rings. The third-order valence-electron chi connectivity index (χ3n) is 2.89. The van der Waals surface area contributed by atoms with Crippen molar-refractivity contribution >= 4 is 29.2 Å². The van der Waals surface area contributed by atoms with Gasteiger partial charge in [-0.2, -0.15) is 0 Å². The Labute approximate surface area is 125 Å². The van der Waals surface area contributed by atoms with Crippen LogP contribution in [0, 0.1) is 12.7 Å². The number of rotatable bonds is 3. The quantitative estimate of drug-likeness (QED) is 0.907. The van der Waals surface area contributed by atoms with Crippen molar-refractivity contribution in [3.05, 3.63) is 63.9 Å². The van der Waals surface area contributed by atoms with Crippen LogP contribution in [0.5, 0.6) is 0 Å². The number of carbonyl (C=O) groups excluding carboxylic acids is 1. The minimum absolute atomic E-state index is 0.177. The van der Waals surface area contributed by atoms with E-state index < -0.39 is 23.3 Å². The first kappa shape index (κ1) is 15.0. The van der Waals surface area contributed by atoms with Crippen molar-refractivity contribution in [2.75, 3.05) is 5.32 Å². The molecule has 0 aliphatic heterocycles. The van der Waals surface area contributed by atoms with Crippen molar-refractivity contribution in [3.63, 3.8) is 0 Å². The molecule has 6 heteroatoms. The fourth-order valence-corrected chi connectivity index (χ4v) is 2.00. The van der Waals surface area contributed by atoms with Gasteiger partial charge in [-0.25, -0.2) is 9.18 Å². The summed E-state index contributed by atoms with van der Waals surface area (Å²) in [5.74, 6) is -2.77.